The first kappa shape index (κ1) is 16.9. The largest absolute Gasteiger partial charge is 0.468 e. The van der Waals surface area contributed by atoms with E-state index in [1.54, 1.807) is 17.6 Å². The summed E-state index contributed by atoms with van der Waals surface area (Å²) in [4.78, 5) is 17.4. The van der Waals surface area contributed by atoms with Gasteiger partial charge in [-0.05, 0) is 75.4 Å². The van der Waals surface area contributed by atoms with Gasteiger partial charge in [0.2, 0.25) is 0 Å². The van der Waals surface area contributed by atoms with Crippen molar-refractivity contribution >= 4 is 17.2 Å². The van der Waals surface area contributed by atoms with Crippen molar-refractivity contribution in [1.82, 2.24) is 10.2 Å². The van der Waals surface area contributed by atoms with Gasteiger partial charge in [0.1, 0.15) is 5.76 Å². The molecule has 1 amide bonds. The Balaban J connectivity index is 1.43. The van der Waals surface area contributed by atoms with Gasteiger partial charge in [0.05, 0.1) is 17.2 Å². The van der Waals surface area contributed by atoms with Crippen LogP contribution < -0.4 is 5.32 Å². The number of aryl methyl sites for hydroxylation is 2. The Hall–Kier alpha value is -1.59. The molecular weight excluding hydrogens is 332 g/mol. The second kappa shape index (κ2) is 7.75. The molecule has 2 aromatic rings. The monoisotopic (exact) mass is 358 g/mol. The summed E-state index contributed by atoms with van der Waals surface area (Å²) >= 11 is 1.69. The molecule has 25 heavy (non-hydrogen) atoms. The zero-order valence-electron chi connectivity index (χ0n) is 14.6. The van der Waals surface area contributed by atoms with Crippen molar-refractivity contribution in [2.45, 2.75) is 51.0 Å². The maximum Gasteiger partial charge on any atom is 0.261 e. The normalized spacial score (nSPS) is 19.4. The molecule has 0 saturated carbocycles. The van der Waals surface area contributed by atoms with Gasteiger partial charge < -0.3 is 9.73 Å². The predicted molar refractivity (Wildman–Crippen MR) is 100 cm³/mol. The van der Waals surface area contributed by atoms with Crippen LogP contribution in [0, 0.1) is 0 Å². The lowest BCUT2D eigenvalue weighted by atomic mass is 10.1. The van der Waals surface area contributed by atoms with Gasteiger partial charge in [0, 0.05) is 11.4 Å². The minimum absolute atomic E-state index is 0.0637. The Morgan fingerprint density at radius 3 is 2.84 bits per heavy atom. The van der Waals surface area contributed by atoms with E-state index in [0.29, 0.717) is 6.54 Å². The number of nitrogens with zero attached hydrogens (tertiary/aromatic N) is 1. The Kier molecular flexibility index (Phi) is 5.22. The van der Waals surface area contributed by atoms with Gasteiger partial charge >= 0.3 is 0 Å². The highest BCUT2D eigenvalue weighted by Gasteiger charge is 2.26. The van der Waals surface area contributed by atoms with Crippen LogP contribution in [0.4, 0.5) is 0 Å². The summed E-state index contributed by atoms with van der Waals surface area (Å²) in [5.74, 6) is 1.01. The molecule has 0 unspecified atom stereocenters. The third-order valence-corrected chi connectivity index (χ3v) is 6.62. The Morgan fingerprint density at radius 2 is 2.04 bits per heavy atom. The minimum Gasteiger partial charge on any atom is -0.468 e. The summed E-state index contributed by atoms with van der Waals surface area (Å²) in [5, 5.41) is 3.16. The molecule has 1 atom stereocenters. The first-order valence-electron chi connectivity index (χ1n) is 9.48. The second-order valence-corrected chi connectivity index (χ2v) is 8.24. The van der Waals surface area contributed by atoms with Crippen molar-refractivity contribution in [2.24, 2.45) is 0 Å². The number of thiophene rings is 1. The highest BCUT2D eigenvalue weighted by Crippen LogP contribution is 2.29. The van der Waals surface area contributed by atoms with Crippen LogP contribution >= 0.6 is 11.3 Å². The summed E-state index contributed by atoms with van der Waals surface area (Å²) in [6.45, 7) is 2.76. The number of carbonyl (C=O) groups is 1. The number of nitrogens with one attached hydrogen (secondary N) is 1. The van der Waals surface area contributed by atoms with Crippen LogP contribution in [0.5, 0.6) is 0 Å². The van der Waals surface area contributed by atoms with Gasteiger partial charge in [-0.3, -0.25) is 9.69 Å². The summed E-state index contributed by atoms with van der Waals surface area (Å²) in [5.41, 5.74) is 1.40. The Labute approximate surface area is 153 Å². The van der Waals surface area contributed by atoms with Gasteiger partial charge in [0.15, 0.2) is 0 Å². The second-order valence-electron chi connectivity index (χ2n) is 7.10. The number of carbonyl (C=O) groups excluding carboxylic acids is 1. The highest BCUT2D eigenvalue weighted by molar-refractivity contribution is 7.14. The van der Waals surface area contributed by atoms with Crippen molar-refractivity contribution in [1.29, 1.82) is 0 Å². The number of hydrogen-bond donors (Lipinski definition) is 1. The number of fused-ring (bicyclic) bond motifs is 1. The van der Waals surface area contributed by atoms with Crippen LogP contribution in [0.15, 0.2) is 28.9 Å². The van der Waals surface area contributed by atoms with Crippen LogP contribution in [-0.4, -0.2) is 30.4 Å². The van der Waals surface area contributed by atoms with E-state index in [0.717, 1.165) is 36.6 Å². The molecule has 0 spiro atoms. The third kappa shape index (κ3) is 3.82. The minimum atomic E-state index is 0.0637. The molecule has 1 fully saturated rings. The van der Waals surface area contributed by atoms with Crippen molar-refractivity contribution in [3.05, 3.63) is 45.5 Å². The maximum atomic E-state index is 12.7. The van der Waals surface area contributed by atoms with Crippen molar-refractivity contribution in [3.8, 4) is 0 Å². The lowest BCUT2D eigenvalue weighted by Crippen LogP contribution is -2.36. The summed E-state index contributed by atoms with van der Waals surface area (Å²) in [6.07, 6.45) is 10.2. The van der Waals surface area contributed by atoms with Gasteiger partial charge in [-0.2, -0.15) is 0 Å². The summed E-state index contributed by atoms with van der Waals surface area (Å²) in [6, 6.07) is 6.21. The van der Waals surface area contributed by atoms with Crippen LogP contribution in [0.3, 0.4) is 0 Å². The third-order valence-electron chi connectivity index (χ3n) is 5.38. The molecule has 5 heteroatoms. The SMILES string of the molecule is O=C(NC[C@H](c1ccco1)N1CCCC1)c1cc2c(s1)CCCCC2. The number of amides is 1. The van der Waals surface area contributed by atoms with E-state index >= 15 is 0 Å². The number of hydrogen-bond acceptors (Lipinski definition) is 4. The van der Waals surface area contributed by atoms with E-state index in [9.17, 15) is 4.79 Å². The number of rotatable bonds is 5. The average molecular weight is 359 g/mol. The molecule has 0 radical (unpaired) electrons. The van der Waals surface area contributed by atoms with E-state index < -0.39 is 0 Å². The van der Waals surface area contributed by atoms with E-state index in [2.05, 4.69) is 16.3 Å². The fourth-order valence-corrected chi connectivity index (χ4v) is 5.17. The highest BCUT2D eigenvalue weighted by atomic mass is 32.1. The van der Waals surface area contributed by atoms with E-state index in [1.807, 2.05) is 12.1 Å². The van der Waals surface area contributed by atoms with E-state index in [4.69, 9.17) is 4.42 Å². The van der Waals surface area contributed by atoms with Gasteiger partial charge in [-0.15, -0.1) is 11.3 Å². The fourth-order valence-electron chi connectivity index (χ4n) is 4.00. The zero-order chi connectivity index (χ0) is 17.1. The standard InChI is InChI=1S/C20H26N2O2S/c23-20(19-13-15-7-2-1-3-9-18(15)25-19)21-14-16(17-8-6-12-24-17)22-10-4-5-11-22/h6,8,12-13,16H,1-5,7,9-11,14H2,(H,21,23)/t16-/m1/s1. The lowest BCUT2D eigenvalue weighted by molar-refractivity contribution is 0.0938. The molecule has 1 aliphatic carbocycles. The molecular formula is C20H26N2O2S. The van der Waals surface area contributed by atoms with Crippen molar-refractivity contribution < 1.29 is 9.21 Å². The predicted octanol–water partition coefficient (Wildman–Crippen LogP) is 4.18. The fraction of sp³-hybridized carbons (Fsp3) is 0.550. The molecule has 1 N–H and O–H groups in total. The molecule has 1 saturated heterocycles. The smallest absolute Gasteiger partial charge is 0.261 e. The molecule has 134 valence electrons. The first-order valence-corrected chi connectivity index (χ1v) is 10.3. The summed E-state index contributed by atoms with van der Waals surface area (Å²) in [7, 11) is 0. The van der Waals surface area contributed by atoms with Crippen molar-refractivity contribution in [3.63, 3.8) is 0 Å². The molecule has 4 rings (SSSR count). The molecule has 2 aliphatic rings. The van der Waals surface area contributed by atoms with E-state index in [-0.39, 0.29) is 11.9 Å². The van der Waals surface area contributed by atoms with Crippen LogP contribution in [0.25, 0.3) is 0 Å². The van der Waals surface area contributed by atoms with Gasteiger partial charge in [0.25, 0.3) is 5.91 Å². The molecule has 2 aromatic heterocycles. The molecule has 0 bridgehead atoms. The Bertz CT molecular complexity index is 678. The van der Waals surface area contributed by atoms with E-state index in [1.165, 1.54) is 42.5 Å². The molecule has 0 aromatic carbocycles. The van der Waals surface area contributed by atoms with Gasteiger partial charge in [-0.1, -0.05) is 6.42 Å². The topological polar surface area (TPSA) is 45.5 Å². The van der Waals surface area contributed by atoms with Crippen LogP contribution in [0.1, 0.15) is 64.0 Å². The maximum absolute atomic E-state index is 12.7. The van der Waals surface area contributed by atoms with Gasteiger partial charge in [-0.25, -0.2) is 0 Å². The number of likely N-dealkylation sites (tertiary alicyclic amines) is 1. The Morgan fingerprint density at radius 1 is 1.20 bits per heavy atom. The van der Waals surface area contributed by atoms with Crippen molar-refractivity contribution in [2.75, 3.05) is 19.6 Å². The summed E-state index contributed by atoms with van der Waals surface area (Å²) < 4.78 is 5.64. The molecule has 4 nitrogen and oxygen atoms in total. The molecule has 3 heterocycles. The number of furan rings is 1. The van der Waals surface area contributed by atoms with Crippen LogP contribution in [-0.2, 0) is 12.8 Å². The lowest BCUT2D eigenvalue weighted by Gasteiger charge is -2.25. The first-order chi connectivity index (χ1) is 12.3. The average Bonchev–Trinajstić information content (AvgIpc) is 3.36. The zero-order valence-corrected chi connectivity index (χ0v) is 15.4. The quantitative estimate of drug-likeness (QED) is 0.816. The molecule has 1 aliphatic heterocycles. The van der Waals surface area contributed by atoms with Crippen LogP contribution in [0.2, 0.25) is 0 Å².